The maximum atomic E-state index is 10.7. The molecule has 0 rings (SSSR count). The number of hydrogen-bond acceptors (Lipinski definition) is 3. The first-order valence-electron chi connectivity index (χ1n) is 3.25. The fourth-order valence-electron chi connectivity index (χ4n) is 0.461. The third kappa shape index (κ3) is 3.47. The highest BCUT2D eigenvalue weighted by Crippen LogP contribution is 1.89. The normalized spacial score (nSPS) is 9.40. The van der Waals surface area contributed by atoms with Crippen LogP contribution in [0.5, 0.6) is 0 Å². The summed E-state index contributed by atoms with van der Waals surface area (Å²) in [5.74, 6) is 0. The van der Waals surface area contributed by atoms with E-state index in [-0.39, 0.29) is 0 Å². The zero-order chi connectivity index (χ0) is 7.98. The van der Waals surface area contributed by atoms with Crippen LogP contribution in [0.15, 0.2) is 0 Å². The van der Waals surface area contributed by atoms with Gasteiger partial charge in [-0.05, 0) is 13.8 Å². The van der Waals surface area contributed by atoms with Crippen LogP contribution in [0.1, 0.15) is 13.8 Å². The molecular weight excluding hydrogens is 150 g/mol. The largest absolute Gasteiger partial charge is 0.449 e. The second kappa shape index (κ2) is 5.25. The number of hydroxylamine groups is 1. The quantitative estimate of drug-likeness (QED) is 0.423. The van der Waals surface area contributed by atoms with Crippen LogP contribution < -0.4 is 0 Å². The van der Waals surface area contributed by atoms with E-state index < -0.39 is 6.09 Å². The zero-order valence-electron chi connectivity index (χ0n) is 6.59. The van der Waals surface area contributed by atoms with E-state index in [0.29, 0.717) is 23.6 Å². The molecule has 0 aromatic carbocycles. The number of carbonyl (C=O) groups is 1. The molecule has 0 aliphatic rings. The minimum absolute atomic E-state index is 0.393. The minimum atomic E-state index is -0.393. The fraction of sp³-hybridized carbons (Fsp3) is 0.800. The van der Waals surface area contributed by atoms with E-state index in [4.69, 9.17) is 4.84 Å². The molecule has 10 heavy (non-hydrogen) atoms. The lowest BCUT2D eigenvalue weighted by Crippen LogP contribution is -2.29. The summed E-state index contributed by atoms with van der Waals surface area (Å²) in [6.45, 7) is 4.48. The molecular formula is C5H13NO3Si. The van der Waals surface area contributed by atoms with Crippen molar-refractivity contribution in [2.75, 3.05) is 13.2 Å². The Kier molecular flexibility index (Phi) is 4.96. The average Bonchev–Trinajstić information content (AvgIpc) is 1.89. The Labute approximate surface area is 63.6 Å². The Bertz CT molecular complexity index is 109. The number of hydrogen-bond donors (Lipinski definition) is 0. The maximum absolute atomic E-state index is 10.7. The average molecular weight is 163 g/mol. The molecule has 0 fully saturated rings. The molecule has 0 radical (unpaired) electrons. The Morgan fingerprint density at radius 2 is 2.10 bits per heavy atom. The molecule has 0 aromatic heterocycles. The van der Waals surface area contributed by atoms with Gasteiger partial charge in [-0.1, -0.05) is 0 Å². The molecule has 0 aliphatic heterocycles. The van der Waals surface area contributed by atoms with Crippen molar-refractivity contribution < 1.29 is 14.4 Å². The van der Waals surface area contributed by atoms with Gasteiger partial charge in [-0.3, -0.25) is 4.84 Å². The lowest BCUT2D eigenvalue weighted by atomic mass is 10.9. The van der Waals surface area contributed by atoms with Gasteiger partial charge >= 0.3 is 6.09 Å². The van der Waals surface area contributed by atoms with E-state index in [9.17, 15) is 4.79 Å². The van der Waals surface area contributed by atoms with Crippen molar-refractivity contribution >= 4 is 16.5 Å². The third-order valence-corrected chi connectivity index (χ3v) is 1.47. The Morgan fingerprint density at radius 3 is 2.50 bits per heavy atom. The van der Waals surface area contributed by atoms with E-state index >= 15 is 0 Å². The van der Waals surface area contributed by atoms with Gasteiger partial charge in [0.25, 0.3) is 0 Å². The molecule has 0 N–H and O–H groups in total. The van der Waals surface area contributed by atoms with Crippen LogP contribution in [0.4, 0.5) is 4.79 Å². The summed E-state index contributed by atoms with van der Waals surface area (Å²) >= 11 is 0. The summed E-state index contributed by atoms with van der Waals surface area (Å²) in [6.07, 6.45) is -0.393. The van der Waals surface area contributed by atoms with Gasteiger partial charge in [-0.25, -0.2) is 9.52 Å². The van der Waals surface area contributed by atoms with Crippen LogP contribution in [0, 0.1) is 0 Å². The number of ether oxygens (including phenoxy) is 1. The van der Waals surface area contributed by atoms with Gasteiger partial charge < -0.3 is 4.74 Å². The van der Waals surface area contributed by atoms with Gasteiger partial charge in [-0.15, -0.1) is 0 Å². The number of nitrogens with zero attached hydrogens (tertiary/aromatic N) is 1. The number of amides is 1. The van der Waals surface area contributed by atoms with Crippen LogP contribution >= 0.6 is 0 Å². The molecule has 0 aliphatic carbocycles. The molecule has 0 bridgehead atoms. The lowest BCUT2D eigenvalue weighted by molar-refractivity contribution is -0.0655. The summed E-state index contributed by atoms with van der Waals surface area (Å²) in [5, 5.41) is 0. The topological polar surface area (TPSA) is 38.8 Å². The summed E-state index contributed by atoms with van der Waals surface area (Å²) in [7, 11) is 0.533. The standard InChI is InChI=1S/C5H13NO3Si/c1-3-8-5(7)6(10)9-4-2/h3-4H2,1-2,10H3. The van der Waals surface area contributed by atoms with Crippen molar-refractivity contribution in [3.63, 3.8) is 0 Å². The summed E-state index contributed by atoms with van der Waals surface area (Å²) in [6, 6.07) is 0. The van der Waals surface area contributed by atoms with Gasteiger partial charge in [-0.2, -0.15) is 0 Å². The molecule has 1 amide bonds. The van der Waals surface area contributed by atoms with Gasteiger partial charge in [0, 0.05) is 0 Å². The first-order chi connectivity index (χ1) is 4.72. The molecule has 0 saturated carbocycles. The summed E-state index contributed by atoms with van der Waals surface area (Å²) in [4.78, 5) is 15.6. The Hall–Kier alpha value is -0.553. The third-order valence-electron chi connectivity index (χ3n) is 0.848. The second-order valence-electron chi connectivity index (χ2n) is 1.61. The highest BCUT2D eigenvalue weighted by atomic mass is 28.2. The van der Waals surface area contributed by atoms with Crippen LogP contribution in [0.25, 0.3) is 0 Å². The van der Waals surface area contributed by atoms with E-state index in [0.717, 1.165) is 0 Å². The van der Waals surface area contributed by atoms with Gasteiger partial charge in [0.15, 0.2) is 10.4 Å². The first-order valence-corrected chi connectivity index (χ1v) is 4.15. The molecule has 0 heterocycles. The SMILES string of the molecule is CCOC(=O)N([SiH3])OCC. The Balaban J connectivity index is 3.49. The predicted molar refractivity (Wildman–Crippen MR) is 40.4 cm³/mol. The fourth-order valence-corrected chi connectivity index (χ4v) is 0.848. The van der Waals surface area contributed by atoms with Crippen LogP contribution in [-0.4, -0.2) is 34.4 Å². The smallest absolute Gasteiger partial charge is 0.424 e. The monoisotopic (exact) mass is 163 g/mol. The van der Waals surface area contributed by atoms with Crippen LogP contribution in [0.2, 0.25) is 0 Å². The van der Waals surface area contributed by atoms with Crippen LogP contribution in [-0.2, 0) is 9.57 Å². The van der Waals surface area contributed by atoms with Crippen molar-refractivity contribution in [2.45, 2.75) is 13.8 Å². The van der Waals surface area contributed by atoms with Crippen molar-refractivity contribution in [1.82, 2.24) is 4.73 Å². The molecule has 0 atom stereocenters. The first kappa shape index (κ1) is 9.45. The van der Waals surface area contributed by atoms with Crippen molar-refractivity contribution in [1.29, 1.82) is 0 Å². The summed E-state index contributed by atoms with van der Waals surface area (Å²) in [5.41, 5.74) is 0. The Morgan fingerprint density at radius 1 is 1.50 bits per heavy atom. The molecule has 5 heteroatoms. The molecule has 4 nitrogen and oxygen atoms in total. The van der Waals surface area contributed by atoms with E-state index in [1.807, 2.05) is 6.92 Å². The van der Waals surface area contributed by atoms with Crippen molar-refractivity contribution in [2.24, 2.45) is 0 Å². The molecule has 0 spiro atoms. The van der Waals surface area contributed by atoms with Crippen molar-refractivity contribution in [3.8, 4) is 0 Å². The number of carbonyl (C=O) groups excluding carboxylic acids is 1. The molecule has 0 saturated heterocycles. The highest BCUT2D eigenvalue weighted by Gasteiger charge is 2.06. The van der Waals surface area contributed by atoms with Crippen molar-refractivity contribution in [3.05, 3.63) is 0 Å². The second-order valence-corrected chi connectivity index (χ2v) is 2.43. The number of rotatable bonds is 3. The van der Waals surface area contributed by atoms with Crippen LogP contribution in [0.3, 0.4) is 0 Å². The maximum Gasteiger partial charge on any atom is 0.424 e. The lowest BCUT2D eigenvalue weighted by Gasteiger charge is -2.14. The molecule has 0 aromatic rings. The van der Waals surface area contributed by atoms with Gasteiger partial charge in [0.2, 0.25) is 0 Å². The summed E-state index contributed by atoms with van der Waals surface area (Å²) < 4.78 is 5.86. The highest BCUT2D eigenvalue weighted by molar-refractivity contribution is 6.11. The van der Waals surface area contributed by atoms with E-state index in [1.54, 1.807) is 6.92 Å². The van der Waals surface area contributed by atoms with E-state index in [1.165, 1.54) is 4.73 Å². The minimum Gasteiger partial charge on any atom is -0.449 e. The predicted octanol–water partition coefficient (Wildman–Crippen LogP) is -0.323. The van der Waals surface area contributed by atoms with E-state index in [2.05, 4.69) is 4.74 Å². The zero-order valence-corrected chi connectivity index (χ0v) is 8.59. The van der Waals surface area contributed by atoms with Gasteiger partial charge in [0.1, 0.15) is 0 Å². The molecule has 0 unspecified atom stereocenters. The molecule has 60 valence electrons. The van der Waals surface area contributed by atoms with Gasteiger partial charge in [0.05, 0.1) is 13.2 Å².